The fraction of sp³-hybridized carbons (Fsp3) is 0.538. The zero-order valence-electron chi connectivity index (χ0n) is 10.2. The number of aliphatic hydroxyl groups is 1. The maximum absolute atomic E-state index is 12.5. The second kappa shape index (κ2) is 4.69. The molecule has 0 aliphatic rings. The van der Waals surface area contributed by atoms with Crippen LogP contribution in [0.3, 0.4) is 0 Å². The molecule has 0 radical (unpaired) electrons. The fourth-order valence-corrected chi connectivity index (χ4v) is 1.99. The van der Waals surface area contributed by atoms with Gasteiger partial charge in [-0.25, -0.2) is 0 Å². The van der Waals surface area contributed by atoms with Gasteiger partial charge in [-0.15, -0.1) is 0 Å². The largest absolute Gasteiger partial charge is 0.416 e. The quantitative estimate of drug-likeness (QED) is 0.854. The van der Waals surface area contributed by atoms with Gasteiger partial charge in [-0.1, -0.05) is 19.9 Å². The molecule has 0 saturated carbocycles. The van der Waals surface area contributed by atoms with Crippen LogP contribution in [0.15, 0.2) is 18.2 Å². The average Bonchev–Trinajstić information content (AvgIpc) is 2.26. The van der Waals surface area contributed by atoms with Crippen LogP contribution in [-0.4, -0.2) is 5.11 Å². The first kappa shape index (κ1) is 14.0. The van der Waals surface area contributed by atoms with Crippen molar-refractivity contribution in [3.05, 3.63) is 34.9 Å². The first-order valence-electron chi connectivity index (χ1n) is 5.65. The van der Waals surface area contributed by atoms with Crippen molar-refractivity contribution in [2.24, 2.45) is 0 Å². The Morgan fingerprint density at radius 1 is 1.12 bits per heavy atom. The highest BCUT2D eigenvalue weighted by molar-refractivity contribution is 5.36. The number of alkyl halides is 3. The minimum Gasteiger partial charge on any atom is -0.385 e. The molecule has 1 nitrogen and oxygen atoms in total. The van der Waals surface area contributed by atoms with Crippen molar-refractivity contribution < 1.29 is 18.3 Å². The van der Waals surface area contributed by atoms with Gasteiger partial charge in [-0.2, -0.15) is 13.2 Å². The molecular formula is C13H17F3O. The molecule has 96 valence electrons. The lowest BCUT2D eigenvalue weighted by Crippen LogP contribution is -2.25. The van der Waals surface area contributed by atoms with Crippen LogP contribution in [0.4, 0.5) is 13.2 Å². The second-order valence-corrected chi connectivity index (χ2v) is 4.27. The zero-order chi connectivity index (χ0) is 13.3. The van der Waals surface area contributed by atoms with E-state index in [9.17, 15) is 18.3 Å². The monoisotopic (exact) mass is 246 g/mol. The molecule has 0 unspecified atom stereocenters. The summed E-state index contributed by atoms with van der Waals surface area (Å²) in [7, 11) is 0. The van der Waals surface area contributed by atoms with E-state index in [4.69, 9.17) is 0 Å². The summed E-state index contributed by atoms with van der Waals surface area (Å²) in [6.07, 6.45) is -3.37. The lowest BCUT2D eigenvalue weighted by atomic mass is 9.85. The van der Waals surface area contributed by atoms with Crippen molar-refractivity contribution in [2.45, 2.75) is 45.4 Å². The summed E-state index contributed by atoms with van der Waals surface area (Å²) in [6, 6.07) is 3.50. The Hall–Kier alpha value is -1.03. The van der Waals surface area contributed by atoms with Crippen LogP contribution < -0.4 is 0 Å². The smallest absolute Gasteiger partial charge is 0.385 e. The standard InChI is InChI=1S/C13H17F3O/c1-4-12(17,5-2)11-7-6-10(8-9(11)3)13(14,15)16/h6-8,17H,4-5H2,1-3H3. The molecule has 0 aromatic heterocycles. The van der Waals surface area contributed by atoms with E-state index in [-0.39, 0.29) is 0 Å². The highest BCUT2D eigenvalue weighted by Crippen LogP contribution is 2.35. The Bertz CT molecular complexity index is 392. The molecule has 1 rings (SSSR count). The van der Waals surface area contributed by atoms with E-state index in [0.29, 0.717) is 24.0 Å². The number of hydrogen-bond donors (Lipinski definition) is 1. The Morgan fingerprint density at radius 3 is 2.00 bits per heavy atom. The third kappa shape index (κ3) is 2.80. The third-order valence-electron chi connectivity index (χ3n) is 3.22. The first-order chi connectivity index (χ1) is 7.74. The van der Waals surface area contributed by atoms with Gasteiger partial charge in [0, 0.05) is 0 Å². The van der Waals surface area contributed by atoms with Crippen molar-refractivity contribution >= 4 is 0 Å². The maximum Gasteiger partial charge on any atom is 0.416 e. The van der Waals surface area contributed by atoms with Crippen molar-refractivity contribution in [1.29, 1.82) is 0 Å². The van der Waals surface area contributed by atoms with Gasteiger partial charge in [-0.3, -0.25) is 0 Å². The van der Waals surface area contributed by atoms with Gasteiger partial charge in [0.1, 0.15) is 0 Å². The first-order valence-corrected chi connectivity index (χ1v) is 5.65. The van der Waals surface area contributed by atoms with E-state index < -0.39 is 17.3 Å². The highest BCUT2D eigenvalue weighted by atomic mass is 19.4. The molecular weight excluding hydrogens is 229 g/mol. The van der Waals surface area contributed by atoms with Crippen LogP contribution in [-0.2, 0) is 11.8 Å². The summed E-state index contributed by atoms with van der Waals surface area (Å²) in [5, 5.41) is 10.3. The van der Waals surface area contributed by atoms with Gasteiger partial charge in [0.25, 0.3) is 0 Å². The normalized spacial score (nSPS) is 12.9. The van der Waals surface area contributed by atoms with Gasteiger partial charge >= 0.3 is 6.18 Å². The maximum atomic E-state index is 12.5. The van der Waals surface area contributed by atoms with Crippen molar-refractivity contribution in [3.63, 3.8) is 0 Å². The van der Waals surface area contributed by atoms with Gasteiger partial charge in [-0.05, 0) is 43.0 Å². The number of benzene rings is 1. The summed E-state index contributed by atoms with van der Waals surface area (Å²) in [6.45, 7) is 5.24. The molecule has 17 heavy (non-hydrogen) atoms. The van der Waals surface area contributed by atoms with Gasteiger partial charge in [0.15, 0.2) is 0 Å². The Balaban J connectivity index is 3.23. The van der Waals surface area contributed by atoms with Crippen LogP contribution in [0, 0.1) is 6.92 Å². The second-order valence-electron chi connectivity index (χ2n) is 4.27. The molecule has 0 fully saturated rings. The Kier molecular flexibility index (Phi) is 3.87. The van der Waals surface area contributed by atoms with E-state index in [1.165, 1.54) is 6.07 Å². The summed E-state index contributed by atoms with van der Waals surface area (Å²) in [5.74, 6) is 0. The number of halogens is 3. The summed E-state index contributed by atoms with van der Waals surface area (Å²) in [5.41, 5.74) is -0.649. The minimum absolute atomic E-state index is 0.478. The molecule has 1 aromatic rings. The third-order valence-corrected chi connectivity index (χ3v) is 3.22. The molecule has 4 heteroatoms. The number of aryl methyl sites for hydroxylation is 1. The number of rotatable bonds is 3. The predicted molar refractivity (Wildman–Crippen MR) is 60.7 cm³/mol. The van der Waals surface area contributed by atoms with Crippen LogP contribution in [0.25, 0.3) is 0 Å². The van der Waals surface area contributed by atoms with Crippen molar-refractivity contribution in [2.75, 3.05) is 0 Å². The van der Waals surface area contributed by atoms with Crippen molar-refractivity contribution in [3.8, 4) is 0 Å². The van der Waals surface area contributed by atoms with E-state index in [1.807, 2.05) is 13.8 Å². The van der Waals surface area contributed by atoms with Gasteiger partial charge < -0.3 is 5.11 Å². The predicted octanol–water partition coefficient (Wildman–Crippen LogP) is 4.02. The summed E-state index contributed by atoms with van der Waals surface area (Å²) < 4.78 is 37.5. The SMILES string of the molecule is CCC(O)(CC)c1ccc(C(F)(F)F)cc1C. The molecule has 1 N–H and O–H groups in total. The molecule has 1 aromatic carbocycles. The molecule has 0 amide bonds. The highest BCUT2D eigenvalue weighted by Gasteiger charge is 2.33. The molecule has 0 spiro atoms. The molecule has 0 heterocycles. The molecule has 0 aliphatic carbocycles. The van der Waals surface area contributed by atoms with Crippen LogP contribution in [0.2, 0.25) is 0 Å². The van der Waals surface area contributed by atoms with Gasteiger partial charge in [0.05, 0.1) is 11.2 Å². The summed E-state index contributed by atoms with van der Waals surface area (Å²) >= 11 is 0. The van der Waals surface area contributed by atoms with Crippen LogP contribution >= 0.6 is 0 Å². The Morgan fingerprint density at radius 2 is 1.65 bits per heavy atom. The van der Waals surface area contributed by atoms with E-state index in [2.05, 4.69) is 0 Å². The molecule has 0 bridgehead atoms. The van der Waals surface area contributed by atoms with Crippen LogP contribution in [0.1, 0.15) is 43.4 Å². The lowest BCUT2D eigenvalue weighted by molar-refractivity contribution is -0.137. The van der Waals surface area contributed by atoms with E-state index in [1.54, 1.807) is 6.92 Å². The summed E-state index contributed by atoms with van der Waals surface area (Å²) in [4.78, 5) is 0. The topological polar surface area (TPSA) is 20.2 Å². The minimum atomic E-state index is -4.33. The zero-order valence-corrected chi connectivity index (χ0v) is 10.2. The van der Waals surface area contributed by atoms with Crippen LogP contribution in [0.5, 0.6) is 0 Å². The number of hydrogen-bond acceptors (Lipinski definition) is 1. The molecule has 0 aliphatic heterocycles. The van der Waals surface area contributed by atoms with Crippen molar-refractivity contribution in [1.82, 2.24) is 0 Å². The average molecular weight is 246 g/mol. The van der Waals surface area contributed by atoms with Gasteiger partial charge in [0.2, 0.25) is 0 Å². The molecule has 0 saturated heterocycles. The van der Waals surface area contributed by atoms with E-state index in [0.717, 1.165) is 12.1 Å². The fourth-order valence-electron chi connectivity index (χ4n) is 1.99. The Labute approximate surface area is 99.3 Å². The lowest BCUT2D eigenvalue weighted by Gasteiger charge is -2.28. The molecule has 0 atom stereocenters. The van der Waals surface area contributed by atoms with E-state index >= 15 is 0 Å².